The average molecular weight is 1080 g/mol. The van der Waals surface area contributed by atoms with E-state index in [0.29, 0.717) is 43.2 Å². The SMILES string of the molecule is CC[C@H]1C[C@H](C)[C@@]2(C=C[C@@H](C)[C@H](C[C@H](O)[C@@H](C)CC/C=C/C=C(\C)[C@@H]3C/C=C/C=C/[C@H](O)[C@H](C)[C@@H](O)[C@@H](CCC(C)=O)C(=O)N[C@@H](C(C)C)C(=O)N[C@@H](Cc4ccc(F)c(O)c4)C(=O)N4CCCC(N4)C(=O)O3)O2)NC1=O. The van der Waals surface area contributed by atoms with Crippen LogP contribution in [0, 0.1) is 47.2 Å². The number of aliphatic hydroxyl groups is 3. The molecule has 17 nitrogen and oxygen atoms in total. The predicted octanol–water partition coefficient (Wildman–Crippen LogP) is 6.11. The summed E-state index contributed by atoms with van der Waals surface area (Å²) in [5.74, 6) is -7.23. The van der Waals surface area contributed by atoms with Crippen molar-refractivity contribution in [3.05, 3.63) is 89.8 Å². The molecule has 2 fully saturated rings. The van der Waals surface area contributed by atoms with Crippen molar-refractivity contribution in [2.75, 3.05) is 6.54 Å². The van der Waals surface area contributed by atoms with E-state index < -0.39 is 101 Å². The molecule has 4 heterocycles. The van der Waals surface area contributed by atoms with Crippen molar-refractivity contribution in [3.63, 3.8) is 0 Å². The Morgan fingerprint density at radius 2 is 1.74 bits per heavy atom. The van der Waals surface area contributed by atoms with Crippen LogP contribution in [0.15, 0.2) is 78.5 Å². The Labute approximate surface area is 454 Å². The van der Waals surface area contributed by atoms with E-state index >= 15 is 0 Å². The van der Waals surface area contributed by atoms with Crippen LogP contribution < -0.4 is 21.4 Å². The summed E-state index contributed by atoms with van der Waals surface area (Å²) in [6, 6.07) is -0.0370. The zero-order chi connectivity index (χ0) is 56.7. The molecule has 0 saturated carbocycles. The number of hydrazine groups is 1. The highest BCUT2D eigenvalue weighted by molar-refractivity contribution is 5.93. The Bertz CT molecular complexity index is 2370. The number of fused-ring (bicyclic) bond motifs is 2. The second kappa shape index (κ2) is 28.9. The number of hydrogen-bond acceptors (Lipinski definition) is 13. The minimum absolute atomic E-state index is 0.00678. The van der Waals surface area contributed by atoms with Crippen molar-refractivity contribution in [2.45, 2.75) is 187 Å². The average Bonchev–Trinajstić information content (AvgIpc) is 3.40. The van der Waals surface area contributed by atoms with Crippen LogP contribution in [-0.2, 0) is 44.7 Å². The molecule has 2 bridgehead atoms. The third-order valence-corrected chi connectivity index (χ3v) is 15.9. The van der Waals surface area contributed by atoms with Gasteiger partial charge in [0.15, 0.2) is 17.3 Å². The normalized spacial score (nSPS) is 33.1. The molecule has 2 saturated heterocycles. The molecular formula is C59H86FN5O12. The van der Waals surface area contributed by atoms with Gasteiger partial charge in [-0.1, -0.05) is 103 Å². The van der Waals surface area contributed by atoms with Gasteiger partial charge in [0.2, 0.25) is 17.7 Å². The molecule has 4 amide bonds. The number of hydrogen-bond donors (Lipinski definition) is 8. The number of cyclic esters (lactones) is 1. The third-order valence-electron chi connectivity index (χ3n) is 15.9. The fourth-order valence-corrected chi connectivity index (χ4v) is 10.4. The summed E-state index contributed by atoms with van der Waals surface area (Å²) in [6.07, 6.45) is 15.6. The Morgan fingerprint density at radius 1 is 1.00 bits per heavy atom. The van der Waals surface area contributed by atoms with E-state index in [0.717, 1.165) is 25.0 Å². The summed E-state index contributed by atoms with van der Waals surface area (Å²) >= 11 is 0. The van der Waals surface area contributed by atoms with Gasteiger partial charge in [-0.2, -0.15) is 0 Å². The maximum absolute atomic E-state index is 14.5. The van der Waals surface area contributed by atoms with Gasteiger partial charge in [-0.05, 0) is 100.0 Å². The lowest BCUT2D eigenvalue weighted by atomic mass is 9.78. The number of rotatable bonds is 15. The van der Waals surface area contributed by atoms with Crippen LogP contribution >= 0.6 is 0 Å². The minimum Gasteiger partial charge on any atom is -0.505 e. The van der Waals surface area contributed by atoms with Crippen LogP contribution in [0.25, 0.3) is 0 Å². The Morgan fingerprint density at radius 3 is 2.43 bits per heavy atom. The van der Waals surface area contributed by atoms with E-state index in [-0.39, 0.29) is 73.7 Å². The molecular weight excluding hydrogens is 990 g/mol. The quantitative estimate of drug-likeness (QED) is 0.0562. The van der Waals surface area contributed by atoms with Gasteiger partial charge in [0.05, 0.1) is 30.3 Å². The third kappa shape index (κ3) is 17.2. The van der Waals surface area contributed by atoms with Gasteiger partial charge < -0.3 is 50.6 Å². The van der Waals surface area contributed by atoms with Gasteiger partial charge in [0.1, 0.15) is 30.0 Å². The van der Waals surface area contributed by atoms with E-state index in [1.54, 1.807) is 39.0 Å². The topological polar surface area (TPSA) is 253 Å². The van der Waals surface area contributed by atoms with Crippen molar-refractivity contribution in [1.82, 2.24) is 26.4 Å². The van der Waals surface area contributed by atoms with Crippen molar-refractivity contribution in [1.29, 1.82) is 0 Å². The van der Waals surface area contributed by atoms with E-state index in [1.807, 2.05) is 45.1 Å². The van der Waals surface area contributed by atoms with Crippen LogP contribution in [0.5, 0.6) is 5.75 Å². The number of phenolic OH excluding ortho intramolecular Hbond substituents is 1. The number of Topliss-reactive ketones (excluding diaryl/α,β-unsaturated/α-hetero) is 1. The molecule has 1 unspecified atom stereocenters. The number of carbonyl (C=O) groups is 6. The fraction of sp³-hybridized carbons (Fsp3) is 0.627. The smallest absolute Gasteiger partial charge is 0.325 e. The second-order valence-corrected chi connectivity index (χ2v) is 22.4. The molecule has 5 rings (SSSR count). The van der Waals surface area contributed by atoms with E-state index in [2.05, 4.69) is 41.3 Å². The molecule has 18 heteroatoms. The van der Waals surface area contributed by atoms with Gasteiger partial charge >= 0.3 is 5.97 Å². The highest BCUT2D eigenvalue weighted by Gasteiger charge is 2.48. The number of carbonyl (C=O) groups excluding carboxylic acids is 6. The molecule has 1 aromatic rings. The van der Waals surface area contributed by atoms with Crippen molar-refractivity contribution in [2.24, 2.45) is 41.4 Å². The highest BCUT2D eigenvalue weighted by atomic mass is 19.1. The number of aliphatic hydroxyl groups excluding tert-OH is 3. The molecule has 0 aliphatic carbocycles. The fourth-order valence-electron chi connectivity index (χ4n) is 10.4. The first-order valence-electron chi connectivity index (χ1n) is 27.7. The molecule has 0 radical (unpaired) electrons. The zero-order valence-corrected chi connectivity index (χ0v) is 46.5. The standard InChI is InChI=1S/C59H86FN5O12/c1-10-42-30-38(7)59(63-54(42)71)28-27-37(6)51(77-59)33-48(68)35(4)18-13-11-14-19-36(5)50-22-16-12-15-21-47(67)40(9)53(70)43(25-23-39(8)66)55(72)62-52(34(2)3)56(73)61-46(31-41-24-26-44(60)49(69)32-41)57(74)65-29-17-20-45(64-65)58(75)76-50/h11-12,14-16,19,21,24,26-28,32,34-35,37-38,40,42-43,45-48,50-53,64,67-70H,10,13,17-18,20,22-23,25,29-31,33H2,1-9H3,(H,61,73)(H,62,72)(H,63,71)/b14-11+,16-12+,21-15+,36-19+/t35-,37+,38-,40-,42-,43+,45?,46-,47-,48-,50-,51-,52-,53+,59-/m0/s1. The van der Waals surface area contributed by atoms with Crippen LogP contribution in [-0.4, -0.2) is 122 Å². The summed E-state index contributed by atoms with van der Waals surface area (Å²) in [6.45, 7) is 16.4. The molecule has 77 heavy (non-hydrogen) atoms. The van der Waals surface area contributed by atoms with E-state index in [1.165, 1.54) is 24.1 Å². The Hall–Kier alpha value is -5.53. The number of benzene rings is 1. The number of ketones is 1. The van der Waals surface area contributed by atoms with Crippen LogP contribution in [0.3, 0.4) is 0 Å². The zero-order valence-electron chi connectivity index (χ0n) is 46.5. The number of allylic oxidation sites excluding steroid dienone is 5. The molecule has 4 aliphatic heterocycles. The molecule has 15 atom stereocenters. The largest absolute Gasteiger partial charge is 0.505 e. The lowest BCUT2D eigenvalue weighted by molar-refractivity contribution is -0.174. The second-order valence-electron chi connectivity index (χ2n) is 22.4. The van der Waals surface area contributed by atoms with Crippen molar-refractivity contribution in [3.8, 4) is 5.75 Å². The lowest BCUT2D eigenvalue weighted by Gasteiger charge is -2.48. The molecule has 8 N–H and O–H groups in total. The van der Waals surface area contributed by atoms with Gasteiger partial charge in [0, 0.05) is 55.9 Å². The molecule has 1 spiro atoms. The number of nitrogens with zero attached hydrogens (tertiary/aromatic N) is 1. The summed E-state index contributed by atoms with van der Waals surface area (Å²) in [5, 5.41) is 54.2. The first-order chi connectivity index (χ1) is 36.4. The predicted molar refractivity (Wildman–Crippen MR) is 289 cm³/mol. The molecule has 1 aromatic carbocycles. The number of halogens is 1. The van der Waals surface area contributed by atoms with Crippen LogP contribution in [0.2, 0.25) is 0 Å². The maximum Gasteiger partial charge on any atom is 0.325 e. The summed E-state index contributed by atoms with van der Waals surface area (Å²) in [7, 11) is 0. The van der Waals surface area contributed by atoms with E-state index in [9.17, 15) is 53.6 Å². The van der Waals surface area contributed by atoms with Gasteiger partial charge in [-0.3, -0.25) is 29.0 Å². The van der Waals surface area contributed by atoms with Crippen molar-refractivity contribution < 1.29 is 63.1 Å². The van der Waals surface area contributed by atoms with E-state index in [4.69, 9.17) is 9.47 Å². The number of amides is 4. The number of aromatic hydroxyl groups is 1. The minimum atomic E-state index is -1.46. The van der Waals surface area contributed by atoms with Gasteiger partial charge in [-0.25, -0.2) is 9.82 Å². The summed E-state index contributed by atoms with van der Waals surface area (Å²) in [5.41, 5.74) is 3.12. The van der Waals surface area contributed by atoms with Crippen molar-refractivity contribution >= 4 is 35.4 Å². The summed E-state index contributed by atoms with van der Waals surface area (Å²) < 4.78 is 27.0. The van der Waals surface area contributed by atoms with Crippen LogP contribution in [0.1, 0.15) is 132 Å². The Kier molecular flexibility index (Phi) is 23.4. The highest BCUT2D eigenvalue weighted by Crippen LogP contribution is 2.39. The summed E-state index contributed by atoms with van der Waals surface area (Å²) in [4.78, 5) is 81.9. The number of phenols is 1. The number of esters is 1. The lowest BCUT2D eigenvalue weighted by Crippen LogP contribution is -2.62. The monoisotopic (exact) mass is 1080 g/mol. The molecule has 426 valence electrons. The van der Waals surface area contributed by atoms with Crippen LogP contribution in [0.4, 0.5) is 4.39 Å². The number of ether oxygens (including phenoxy) is 2. The molecule has 0 aromatic heterocycles. The number of nitrogens with one attached hydrogen (secondary N) is 4. The van der Waals surface area contributed by atoms with Gasteiger partial charge in [0.25, 0.3) is 5.91 Å². The maximum atomic E-state index is 14.5. The first-order valence-corrected chi connectivity index (χ1v) is 27.7. The number of piperidine rings is 1. The van der Waals surface area contributed by atoms with Gasteiger partial charge in [-0.15, -0.1) is 0 Å². The Balaban J connectivity index is 1.35. The first kappa shape index (κ1) is 62.3. The molecule has 4 aliphatic rings.